The number of hydrogen-bond donors (Lipinski definition) is 2. The molecule has 0 radical (unpaired) electrons. The molecule has 0 aromatic carbocycles. The number of piperidine rings is 1. The lowest BCUT2D eigenvalue weighted by molar-refractivity contribution is -0.153. The van der Waals surface area contributed by atoms with Crippen molar-refractivity contribution in [1.82, 2.24) is 10.3 Å². The zero-order chi connectivity index (χ0) is 13.0. The van der Waals surface area contributed by atoms with E-state index >= 15 is 0 Å². The number of carbonyl (C=O) groups is 1. The van der Waals surface area contributed by atoms with E-state index in [4.69, 9.17) is 9.84 Å². The van der Waals surface area contributed by atoms with E-state index in [1.54, 1.807) is 12.4 Å². The molecule has 0 atom stereocenters. The summed E-state index contributed by atoms with van der Waals surface area (Å²) in [7, 11) is 0. The van der Waals surface area contributed by atoms with Gasteiger partial charge in [0.05, 0.1) is 5.60 Å². The molecular formula is C12H15BrN2O3. The normalized spacial score (nSPS) is 18.5. The third-order valence-electron chi connectivity index (χ3n) is 3.15. The van der Waals surface area contributed by atoms with Gasteiger partial charge in [-0.15, -0.1) is 0 Å². The number of halogens is 1. The molecule has 6 heteroatoms. The largest absolute Gasteiger partial charge is 0.480 e. The first-order valence-corrected chi connectivity index (χ1v) is 6.60. The fraction of sp³-hybridized carbons (Fsp3) is 0.500. The first-order chi connectivity index (χ1) is 8.64. The maximum absolute atomic E-state index is 10.7. The fourth-order valence-electron chi connectivity index (χ4n) is 2.27. The first-order valence-electron chi connectivity index (χ1n) is 5.80. The molecule has 0 bridgehead atoms. The van der Waals surface area contributed by atoms with Gasteiger partial charge in [-0.3, -0.25) is 4.98 Å². The highest BCUT2D eigenvalue weighted by molar-refractivity contribution is 9.10. The molecule has 1 aliphatic rings. The summed E-state index contributed by atoms with van der Waals surface area (Å²) >= 11 is 3.46. The van der Waals surface area contributed by atoms with Crippen LogP contribution >= 0.6 is 15.9 Å². The Balaban J connectivity index is 2.29. The van der Waals surface area contributed by atoms with Crippen molar-refractivity contribution in [3.63, 3.8) is 0 Å². The maximum Gasteiger partial charge on any atom is 0.329 e. The summed E-state index contributed by atoms with van der Waals surface area (Å²) < 4.78 is 6.56. The van der Waals surface area contributed by atoms with E-state index in [0.29, 0.717) is 0 Å². The van der Waals surface area contributed by atoms with Gasteiger partial charge >= 0.3 is 5.97 Å². The summed E-state index contributed by atoms with van der Waals surface area (Å²) in [6.07, 6.45) is 4.92. The molecule has 1 aromatic heterocycles. The Bertz CT molecular complexity index is 433. The number of nitrogens with zero attached hydrogens (tertiary/aromatic N) is 1. The lowest BCUT2D eigenvalue weighted by Crippen LogP contribution is -2.43. The number of carboxylic acids is 1. The molecule has 1 aliphatic heterocycles. The van der Waals surface area contributed by atoms with Crippen LogP contribution in [-0.2, 0) is 15.1 Å². The molecule has 1 saturated heterocycles. The van der Waals surface area contributed by atoms with E-state index < -0.39 is 11.6 Å². The number of carboxylic acid groups (broad SMARTS) is 1. The Labute approximate surface area is 114 Å². The van der Waals surface area contributed by atoms with Gasteiger partial charge in [0.25, 0.3) is 0 Å². The lowest BCUT2D eigenvalue weighted by atomic mass is 9.85. The van der Waals surface area contributed by atoms with Gasteiger partial charge in [-0.05, 0) is 47.9 Å². The van der Waals surface area contributed by atoms with Crippen LogP contribution in [0.3, 0.4) is 0 Å². The molecular weight excluding hydrogens is 300 g/mol. The van der Waals surface area contributed by atoms with E-state index in [2.05, 4.69) is 26.2 Å². The van der Waals surface area contributed by atoms with Crippen molar-refractivity contribution in [2.45, 2.75) is 18.4 Å². The molecule has 98 valence electrons. The molecule has 2 heterocycles. The molecule has 0 unspecified atom stereocenters. The Morgan fingerprint density at radius 1 is 1.56 bits per heavy atom. The van der Waals surface area contributed by atoms with Crippen LogP contribution in [0.5, 0.6) is 0 Å². The quantitative estimate of drug-likeness (QED) is 0.881. The zero-order valence-corrected chi connectivity index (χ0v) is 11.4. The van der Waals surface area contributed by atoms with E-state index in [0.717, 1.165) is 36.0 Å². The van der Waals surface area contributed by atoms with Crippen molar-refractivity contribution < 1.29 is 14.6 Å². The highest BCUT2D eigenvalue weighted by Crippen LogP contribution is 2.38. The van der Waals surface area contributed by atoms with Crippen molar-refractivity contribution in [2.75, 3.05) is 19.7 Å². The zero-order valence-electron chi connectivity index (χ0n) is 9.86. The van der Waals surface area contributed by atoms with Crippen molar-refractivity contribution in [1.29, 1.82) is 0 Å². The van der Waals surface area contributed by atoms with Gasteiger partial charge in [0.1, 0.15) is 6.61 Å². The number of hydrogen-bond acceptors (Lipinski definition) is 4. The highest BCUT2D eigenvalue weighted by atomic mass is 79.9. The van der Waals surface area contributed by atoms with Gasteiger partial charge in [-0.25, -0.2) is 4.79 Å². The molecule has 1 fully saturated rings. The van der Waals surface area contributed by atoms with Gasteiger partial charge < -0.3 is 15.2 Å². The van der Waals surface area contributed by atoms with Crippen LogP contribution < -0.4 is 5.32 Å². The molecule has 2 N–H and O–H groups in total. The van der Waals surface area contributed by atoms with E-state index in [1.165, 1.54) is 0 Å². The molecule has 0 amide bonds. The second-order valence-electron chi connectivity index (χ2n) is 4.28. The Hall–Kier alpha value is -0.980. The van der Waals surface area contributed by atoms with Crippen LogP contribution in [0.15, 0.2) is 22.9 Å². The Morgan fingerprint density at radius 3 is 2.89 bits per heavy atom. The van der Waals surface area contributed by atoms with E-state index in [-0.39, 0.29) is 6.61 Å². The van der Waals surface area contributed by atoms with Gasteiger partial charge in [0.2, 0.25) is 0 Å². The summed E-state index contributed by atoms with van der Waals surface area (Å²) in [5.74, 6) is -0.946. The summed E-state index contributed by atoms with van der Waals surface area (Å²) in [6, 6.07) is 1.89. The predicted octanol–water partition coefficient (Wildman–Crippen LogP) is 1.52. The number of aromatic nitrogens is 1. The third-order valence-corrected chi connectivity index (χ3v) is 3.78. The second kappa shape index (κ2) is 5.77. The number of rotatable bonds is 4. The summed E-state index contributed by atoms with van der Waals surface area (Å²) in [5, 5.41) is 12.1. The van der Waals surface area contributed by atoms with Crippen LogP contribution in [-0.4, -0.2) is 35.8 Å². The summed E-state index contributed by atoms with van der Waals surface area (Å²) in [4.78, 5) is 14.8. The smallest absolute Gasteiger partial charge is 0.329 e. The van der Waals surface area contributed by atoms with E-state index in [1.807, 2.05) is 6.07 Å². The fourth-order valence-corrected chi connectivity index (χ4v) is 2.88. The third kappa shape index (κ3) is 2.88. The minimum atomic E-state index is -0.946. The molecule has 5 nitrogen and oxygen atoms in total. The van der Waals surface area contributed by atoms with Crippen molar-refractivity contribution in [2.24, 2.45) is 0 Å². The average molecular weight is 315 g/mol. The molecule has 0 spiro atoms. The SMILES string of the molecule is O=C(O)COC1(c2ccncc2Br)CCNCC1. The monoisotopic (exact) mass is 314 g/mol. The molecule has 0 aliphatic carbocycles. The van der Waals surface area contributed by atoms with Crippen molar-refractivity contribution in [3.8, 4) is 0 Å². The van der Waals surface area contributed by atoms with Gasteiger partial charge in [0, 0.05) is 22.4 Å². The Morgan fingerprint density at radius 2 is 2.28 bits per heavy atom. The molecule has 18 heavy (non-hydrogen) atoms. The summed E-state index contributed by atoms with van der Waals surface area (Å²) in [6.45, 7) is 1.34. The number of aliphatic carboxylic acids is 1. The van der Waals surface area contributed by atoms with Crippen LogP contribution in [0.2, 0.25) is 0 Å². The van der Waals surface area contributed by atoms with Crippen molar-refractivity contribution >= 4 is 21.9 Å². The average Bonchev–Trinajstić information content (AvgIpc) is 2.38. The first kappa shape index (κ1) is 13.5. The molecule has 2 rings (SSSR count). The van der Waals surface area contributed by atoms with Crippen molar-refractivity contribution in [3.05, 3.63) is 28.5 Å². The highest BCUT2D eigenvalue weighted by Gasteiger charge is 2.37. The number of pyridine rings is 1. The van der Waals surface area contributed by atoms with Crippen LogP contribution in [0.4, 0.5) is 0 Å². The number of ether oxygens (including phenoxy) is 1. The van der Waals surface area contributed by atoms with Gasteiger partial charge in [0.15, 0.2) is 0 Å². The van der Waals surface area contributed by atoms with Crippen LogP contribution in [0.1, 0.15) is 18.4 Å². The lowest BCUT2D eigenvalue weighted by Gasteiger charge is -2.38. The minimum Gasteiger partial charge on any atom is -0.480 e. The topological polar surface area (TPSA) is 71.5 Å². The van der Waals surface area contributed by atoms with Gasteiger partial charge in [-0.2, -0.15) is 0 Å². The van der Waals surface area contributed by atoms with E-state index in [9.17, 15) is 4.79 Å². The minimum absolute atomic E-state index is 0.283. The standard InChI is InChI=1S/C12H15BrN2O3/c13-10-7-15-4-1-9(10)12(18-8-11(16)17)2-5-14-6-3-12/h1,4,7,14H,2-3,5-6,8H2,(H,16,17). The van der Waals surface area contributed by atoms with Crippen LogP contribution in [0, 0.1) is 0 Å². The van der Waals surface area contributed by atoms with Crippen LogP contribution in [0.25, 0.3) is 0 Å². The van der Waals surface area contributed by atoms with Gasteiger partial charge in [-0.1, -0.05) is 0 Å². The maximum atomic E-state index is 10.7. The predicted molar refractivity (Wildman–Crippen MR) is 69.3 cm³/mol. The molecule has 1 aromatic rings. The Kier molecular flexibility index (Phi) is 4.31. The second-order valence-corrected chi connectivity index (χ2v) is 5.14. The molecule has 0 saturated carbocycles. The summed E-state index contributed by atoms with van der Waals surface area (Å²) in [5.41, 5.74) is 0.436. The number of nitrogens with one attached hydrogen (secondary N) is 1.